The number of alkyl halides is 6. The number of anilines is 1. The lowest BCUT2D eigenvalue weighted by Gasteiger charge is -2.20. The molecule has 6 nitrogen and oxygen atoms in total. The van der Waals surface area contributed by atoms with Gasteiger partial charge in [0, 0.05) is 49.0 Å². The Morgan fingerprint density at radius 2 is 1.73 bits per heavy atom. The number of nitrogens with two attached hydrogens (primary N) is 1. The molecule has 0 saturated carbocycles. The second kappa shape index (κ2) is 16.1. The van der Waals surface area contributed by atoms with Gasteiger partial charge in [0.1, 0.15) is 5.82 Å². The number of hydrogen-bond acceptors (Lipinski definition) is 5. The van der Waals surface area contributed by atoms with E-state index in [-0.39, 0.29) is 18.0 Å². The average molecular weight is 629 g/mol. The monoisotopic (exact) mass is 628 g/mol. The van der Waals surface area contributed by atoms with E-state index in [1.807, 2.05) is 6.92 Å². The van der Waals surface area contributed by atoms with Crippen molar-refractivity contribution in [2.75, 3.05) is 19.3 Å². The van der Waals surface area contributed by atoms with Crippen molar-refractivity contribution in [2.24, 2.45) is 4.99 Å². The van der Waals surface area contributed by atoms with Gasteiger partial charge in [0.15, 0.2) is 5.75 Å². The molecule has 2 aromatic carbocycles. The number of hydrogen-bond donors (Lipinski definition) is 2. The number of nitrogens with one attached hydrogen (secondary N) is 1. The molecule has 1 atom stereocenters. The van der Waals surface area contributed by atoms with Gasteiger partial charge in [-0.3, -0.25) is 14.8 Å². The van der Waals surface area contributed by atoms with E-state index in [9.17, 15) is 35.5 Å². The number of nitrogens with zero attached hydrogens (tertiary/aromatic N) is 2. The Morgan fingerprint density at radius 3 is 2.27 bits per heavy atom. The van der Waals surface area contributed by atoms with E-state index in [0.29, 0.717) is 52.2 Å². The Kier molecular flexibility index (Phi) is 13.2. The van der Waals surface area contributed by atoms with E-state index in [2.05, 4.69) is 20.0 Å². The van der Waals surface area contributed by atoms with Crippen LogP contribution in [0.15, 0.2) is 47.5 Å². The second-order valence-corrected chi connectivity index (χ2v) is 10.0. The first-order chi connectivity index (χ1) is 20.6. The summed E-state index contributed by atoms with van der Waals surface area (Å²) in [4.78, 5) is 19.1. The third-order valence-corrected chi connectivity index (χ3v) is 6.46. The summed E-state index contributed by atoms with van der Waals surface area (Å²) in [5, 5.41) is 2.66. The van der Waals surface area contributed by atoms with Crippen molar-refractivity contribution in [1.82, 2.24) is 10.3 Å². The molecule has 0 saturated heterocycles. The molecular formula is C31H35F7N4O2. The number of halogens is 7. The first kappa shape index (κ1) is 36.0. The Bertz CT molecular complexity index is 1410. The molecule has 1 heterocycles. The zero-order valence-corrected chi connectivity index (χ0v) is 24.7. The van der Waals surface area contributed by atoms with E-state index in [4.69, 9.17) is 5.73 Å². The zero-order chi connectivity index (χ0) is 33.1. The predicted octanol–water partition coefficient (Wildman–Crippen LogP) is 7.85. The molecule has 1 aromatic heterocycles. The highest BCUT2D eigenvalue weighted by Gasteiger charge is 2.32. The minimum atomic E-state index is -4.75. The van der Waals surface area contributed by atoms with Crippen molar-refractivity contribution in [3.05, 3.63) is 76.2 Å². The molecule has 0 aliphatic heterocycles. The van der Waals surface area contributed by atoms with Gasteiger partial charge in [-0.2, -0.15) is 13.2 Å². The number of rotatable bonds is 11. The molecule has 1 amide bonds. The summed E-state index contributed by atoms with van der Waals surface area (Å²) >= 11 is 0. The van der Waals surface area contributed by atoms with Crippen LogP contribution in [0.25, 0.3) is 11.3 Å². The first-order valence-corrected chi connectivity index (χ1v) is 13.7. The summed E-state index contributed by atoms with van der Waals surface area (Å²) in [6.45, 7) is 5.82. The normalized spacial score (nSPS) is 12.4. The van der Waals surface area contributed by atoms with Gasteiger partial charge in [-0.05, 0) is 85.8 Å². The molecule has 0 bridgehead atoms. The molecule has 3 N–H and O–H groups in total. The quantitative estimate of drug-likeness (QED) is 0.0980. The molecule has 0 fully saturated rings. The van der Waals surface area contributed by atoms with Gasteiger partial charge in [-0.1, -0.05) is 13.3 Å². The van der Waals surface area contributed by atoms with E-state index < -0.39 is 30.5 Å². The first-order valence-electron chi connectivity index (χ1n) is 13.7. The van der Waals surface area contributed by atoms with Crippen LogP contribution in [-0.4, -0.2) is 43.7 Å². The fraction of sp³-hybridized carbons (Fsp3) is 0.387. The van der Waals surface area contributed by atoms with E-state index in [1.54, 1.807) is 26.0 Å². The van der Waals surface area contributed by atoms with Crippen LogP contribution in [0.5, 0.6) is 5.75 Å². The molecular weight excluding hydrogens is 593 g/mol. The van der Waals surface area contributed by atoms with E-state index >= 15 is 0 Å². The number of aryl methyl sites for hydroxylation is 2. The maximum Gasteiger partial charge on any atom is 0.573 e. The van der Waals surface area contributed by atoms with Gasteiger partial charge in [0.25, 0.3) is 0 Å². The fourth-order valence-corrected chi connectivity index (χ4v) is 4.50. The second-order valence-electron chi connectivity index (χ2n) is 10.0. The molecule has 3 rings (SSSR count). The lowest BCUT2D eigenvalue weighted by atomic mass is 9.92. The molecule has 0 aliphatic rings. The average Bonchev–Trinajstić information content (AvgIpc) is 2.92. The minimum Gasteiger partial charge on any atom is -0.404 e. The summed E-state index contributed by atoms with van der Waals surface area (Å²) in [5.74, 6) is -0.875. The fourth-order valence-electron chi connectivity index (χ4n) is 4.50. The van der Waals surface area contributed by atoms with E-state index in [1.165, 1.54) is 43.6 Å². The van der Waals surface area contributed by atoms with Crippen molar-refractivity contribution in [3.8, 4) is 17.0 Å². The van der Waals surface area contributed by atoms with E-state index in [0.717, 1.165) is 12.8 Å². The van der Waals surface area contributed by atoms with Gasteiger partial charge in [-0.25, -0.2) is 4.39 Å². The summed E-state index contributed by atoms with van der Waals surface area (Å²) in [7, 11) is 1.51. The van der Waals surface area contributed by atoms with Gasteiger partial charge >= 0.3 is 12.5 Å². The van der Waals surface area contributed by atoms with Crippen LogP contribution in [0.4, 0.5) is 36.4 Å². The highest BCUT2D eigenvalue weighted by molar-refractivity contribution is 5.89. The van der Waals surface area contributed by atoms with Crippen LogP contribution < -0.4 is 15.8 Å². The van der Waals surface area contributed by atoms with Crippen LogP contribution in [0.1, 0.15) is 60.1 Å². The SMILES string of the molecule is CCCC(CNC=O)c1cc(C)c(CCC(F)(F)F)c(-c2ccc(F)cc2)n1.CN=Cc1cc(C)cc(OC(F)(F)F)c1N. The number of carbonyl (C=O) groups excluding carboxylic acids is 1. The zero-order valence-electron chi connectivity index (χ0n) is 24.7. The highest BCUT2D eigenvalue weighted by Crippen LogP contribution is 2.33. The molecule has 0 aliphatic carbocycles. The Hall–Kier alpha value is -4.16. The molecule has 0 spiro atoms. The predicted molar refractivity (Wildman–Crippen MR) is 156 cm³/mol. The van der Waals surface area contributed by atoms with Crippen molar-refractivity contribution >= 4 is 18.3 Å². The number of pyridine rings is 1. The minimum absolute atomic E-state index is 0.0511. The molecule has 0 radical (unpaired) electrons. The Labute approximate surface area is 251 Å². The molecule has 44 heavy (non-hydrogen) atoms. The van der Waals surface area contributed by atoms with Crippen LogP contribution in [0.2, 0.25) is 0 Å². The summed E-state index contributed by atoms with van der Waals surface area (Å²) in [6, 6.07) is 10.2. The number of nitrogen functional groups attached to an aromatic ring is 1. The lowest BCUT2D eigenvalue weighted by Crippen LogP contribution is -2.21. The van der Waals surface area contributed by atoms with Gasteiger partial charge in [0.05, 0.1) is 11.4 Å². The number of aliphatic imine (C=N–C) groups is 1. The third kappa shape index (κ3) is 11.5. The number of carbonyl (C=O) groups is 1. The van der Waals surface area contributed by atoms with Gasteiger partial charge in [-0.15, -0.1) is 13.2 Å². The number of benzene rings is 2. The Morgan fingerprint density at radius 1 is 1.07 bits per heavy atom. The number of aromatic nitrogens is 1. The maximum absolute atomic E-state index is 13.3. The molecule has 240 valence electrons. The Balaban J connectivity index is 0.000000358. The van der Waals surface area contributed by atoms with Gasteiger partial charge in [0.2, 0.25) is 6.41 Å². The van der Waals surface area contributed by atoms with Crippen molar-refractivity contribution in [1.29, 1.82) is 0 Å². The van der Waals surface area contributed by atoms with Crippen LogP contribution in [0, 0.1) is 19.7 Å². The third-order valence-electron chi connectivity index (χ3n) is 6.46. The number of amides is 1. The van der Waals surface area contributed by atoms with Crippen molar-refractivity contribution in [3.63, 3.8) is 0 Å². The largest absolute Gasteiger partial charge is 0.573 e. The molecule has 1 unspecified atom stereocenters. The summed E-state index contributed by atoms with van der Waals surface area (Å²) < 4.78 is 91.7. The number of ether oxygens (including phenoxy) is 1. The maximum atomic E-state index is 13.3. The lowest BCUT2D eigenvalue weighted by molar-refractivity contribution is -0.274. The molecule has 13 heteroatoms. The highest BCUT2D eigenvalue weighted by atomic mass is 19.4. The van der Waals surface area contributed by atoms with Crippen LogP contribution in [0.3, 0.4) is 0 Å². The van der Waals surface area contributed by atoms with Crippen molar-refractivity contribution < 1.29 is 40.3 Å². The molecule has 3 aromatic rings. The van der Waals surface area contributed by atoms with Crippen LogP contribution >= 0.6 is 0 Å². The van der Waals surface area contributed by atoms with Gasteiger partial charge < -0.3 is 15.8 Å². The standard InChI is InChI=1S/C21H24F4N2O.C10H11F3N2O/c1-3-4-16(12-26-13-28)19-11-14(2)18(9-10-21(23,24)25)20(27-19)15-5-7-17(22)8-6-15;1-6-3-7(5-15-2)9(14)8(4-6)16-10(11,12)13/h5-8,11,13,16H,3-4,9-10,12H2,1-2H3,(H,26,28);3-5H,14H2,1-2H3. The smallest absolute Gasteiger partial charge is 0.404 e. The van der Waals surface area contributed by atoms with Crippen LogP contribution in [-0.2, 0) is 11.2 Å². The topological polar surface area (TPSA) is 89.6 Å². The summed E-state index contributed by atoms with van der Waals surface area (Å²) in [5.41, 5.74) is 9.41. The summed E-state index contributed by atoms with van der Waals surface area (Å²) in [6.07, 6.45) is -6.52. The van der Waals surface area contributed by atoms with Crippen molar-refractivity contribution in [2.45, 2.75) is 64.9 Å².